The van der Waals surface area contributed by atoms with Gasteiger partial charge in [-0.15, -0.1) is 0 Å². The summed E-state index contributed by atoms with van der Waals surface area (Å²) in [5.74, 6) is -0.560. The molecule has 11 heavy (non-hydrogen) atoms. The van der Waals surface area contributed by atoms with E-state index in [2.05, 4.69) is 5.10 Å². The van der Waals surface area contributed by atoms with Gasteiger partial charge in [0.2, 0.25) is 5.95 Å². The fourth-order valence-corrected chi connectivity index (χ4v) is 0.800. The van der Waals surface area contributed by atoms with Crippen molar-refractivity contribution in [3.8, 4) is 0 Å². The molecule has 3 nitrogen and oxygen atoms in total. The van der Waals surface area contributed by atoms with Crippen LogP contribution in [-0.2, 0) is 0 Å². The van der Waals surface area contributed by atoms with E-state index in [1.54, 1.807) is 13.8 Å². The van der Waals surface area contributed by atoms with Crippen LogP contribution >= 0.6 is 0 Å². The van der Waals surface area contributed by atoms with Gasteiger partial charge in [0.25, 0.3) is 0 Å². The van der Waals surface area contributed by atoms with Crippen LogP contribution in [0.5, 0.6) is 0 Å². The van der Waals surface area contributed by atoms with Gasteiger partial charge in [0.15, 0.2) is 6.29 Å². The molecule has 0 radical (unpaired) electrons. The van der Waals surface area contributed by atoms with Crippen molar-refractivity contribution in [2.45, 2.75) is 19.9 Å². The first kappa shape index (κ1) is 7.91. The van der Waals surface area contributed by atoms with Crippen LogP contribution in [0.1, 0.15) is 30.2 Å². The molecule has 0 amide bonds. The van der Waals surface area contributed by atoms with Crippen LogP contribution in [0.15, 0.2) is 6.20 Å². The van der Waals surface area contributed by atoms with Gasteiger partial charge in [-0.2, -0.15) is 9.49 Å². The fraction of sp³-hybridized carbons (Fsp3) is 0.429. The Morgan fingerprint density at radius 3 is 2.64 bits per heavy atom. The Morgan fingerprint density at radius 2 is 2.36 bits per heavy atom. The van der Waals surface area contributed by atoms with E-state index in [-0.39, 0.29) is 11.6 Å². The average molecular weight is 156 g/mol. The molecule has 1 rings (SSSR count). The quantitative estimate of drug-likeness (QED) is 0.607. The third-order valence-electron chi connectivity index (χ3n) is 1.38. The Bertz CT molecular complexity index is 267. The highest BCUT2D eigenvalue weighted by atomic mass is 19.1. The Labute approximate surface area is 63.8 Å². The summed E-state index contributed by atoms with van der Waals surface area (Å²) >= 11 is 0. The summed E-state index contributed by atoms with van der Waals surface area (Å²) in [7, 11) is 0. The van der Waals surface area contributed by atoms with Crippen molar-refractivity contribution in [3.63, 3.8) is 0 Å². The monoisotopic (exact) mass is 156 g/mol. The molecule has 4 heteroatoms. The Kier molecular flexibility index (Phi) is 2.03. The molecule has 0 aliphatic heterocycles. The number of aromatic nitrogens is 2. The van der Waals surface area contributed by atoms with Crippen molar-refractivity contribution in [1.29, 1.82) is 0 Å². The predicted octanol–water partition coefficient (Wildman–Crippen LogP) is 1.42. The number of carbonyl (C=O) groups is 1. The second kappa shape index (κ2) is 2.82. The lowest BCUT2D eigenvalue weighted by atomic mass is 10.4. The lowest BCUT2D eigenvalue weighted by Crippen LogP contribution is -2.05. The van der Waals surface area contributed by atoms with Gasteiger partial charge >= 0.3 is 0 Å². The molecule has 0 aliphatic rings. The summed E-state index contributed by atoms with van der Waals surface area (Å²) in [4.78, 5) is 10.2. The second-order valence-corrected chi connectivity index (χ2v) is 2.55. The fourth-order valence-electron chi connectivity index (χ4n) is 0.800. The maximum atomic E-state index is 13.0. The highest BCUT2D eigenvalue weighted by Gasteiger charge is 2.10. The van der Waals surface area contributed by atoms with Crippen molar-refractivity contribution in [2.75, 3.05) is 0 Å². The average Bonchev–Trinajstić information content (AvgIpc) is 2.30. The minimum absolute atomic E-state index is 0.0127. The highest BCUT2D eigenvalue weighted by Crippen LogP contribution is 2.09. The maximum Gasteiger partial charge on any atom is 0.222 e. The number of halogens is 1. The molecule has 0 unspecified atom stereocenters. The second-order valence-electron chi connectivity index (χ2n) is 2.55. The SMILES string of the molecule is CC(C)n1ncc(C=O)c1F. The molecule has 1 heterocycles. The molecule has 0 fully saturated rings. The number of rotatable bonds is 2. The van der Waals surface area contributed by atoms with Crippen LogP contribution in [0.3, 0.4) is 0 Å². The largest absolute Gasteiger partial charge is 0.298 e. The van der Waals surface area contributed by atoms with E-state index in [1.807, 2.05) is 0 Å². The molecule has 0 atom stereocenters. The first-order valence-electron chi connectivity index (χ1n) is 3.35. The van der Waals surface area contributed by atoms with E-state index < -0.39 is 5.95 Å². The third kappa shape index (κ3) is 1.29. The van der Waals surface area contributed by atoms with Crippen LogP contribution in [0.2, 0.25) is 0 Å². The topological polar surface area (TPSA) is 34.9 Å². The van der Waals surface area contributed by atoms with Crippen molar-refractivity contribution in [2.24, 2.45) is 0 Å². The molecular weight excluding hydrogens is 147 g/mol. The molecule has 1 aromatic heterocycles. The van der Waals surface area contributed by atoms with E-state index >= 15 is 0 Å². The normalized spacial score (nSPS) is 10.5. The molecule has 60 valence electrons. The van der Waals surface area contributed by atoms with Gasteiger partial charge in [-0.3, -0.25) is 4.79 Å². The van der Waals surface area contributed by atoms with Crippen LogP contribution < -0.4 is 0 Å². The lowest BCUT2D eigenvalue weighted by molar-refractivity contribution is 0.111. The first-order valence-corrected chi connectivity index (χ1v) is 3.35. The summed E-state index contributed by atoms with van der Waals surface area (Å²) < 4.78 is 14.1. The van der Waals surface area contributed by atoms with Gasteiger partial charge in [-0.05, 0) is 13.8 Å². The third-order valence-corrected chi connectivity index (χ3v) is 1.38. The van der Waals surface area contributed by atoms with Gasteiger partial charge < -0.3 is 0 Å². The van der Waals surface area contributed by atoms with E-state index in [1.165, 1.54) is 10.9 Å². The van der Waals surface area contributed by atoms with Crippen LogP contribution in [0.25, 0.3) is 0 Å². The molecule has 0 aromatic carbocycles. The zero-order valence-corrected chi connectivity index (χ0v) is 6.41. The van der Waals surface area contributed by atoms with Crippen molar-refractivity contribution >= 4 is 6.29 Å². The van der Waals surface area contributed by atoms with E-state index in [9.17, 15) is 9.18 Å². The molecule has 0 saturated carbocycles. The standard InChI is InChI=1S/C7H9FN2O/c1-5(2)10-7(8)6(4-11)3-9-10/h3-5H,1-2H3. The van der Waals surface area contributed by atoms with Crippen molar-refractivity contribution in [3.05, 3.63) is 17.7 Å². The van der Waals surface area contributed by atoms with Crippen LogP contribution in [0, 0.1) is 5.95 Å². The smallest absolute Gasteiger partial charge is 0.222 e. The zero-order valence-electron chi connectivity index (χ0n) is 6.41. The Morgan fingerprint density at radius 1 is 1.73 bits per heavy atom. The Balaban J connectivity index is 3.10. The maximum absolute atomic E-state index is 13.0. The molecule has 0 bridgehead atoms. The summed E-state index contributed by atoms with van der Waals surface area (Å²) in [5, 5.41) is 3.70. The summed E-state index contributed by atoms with van der Waals surface area (Å²) in [5.41, 5.74) is 0.0127. The van der Waals surface area contributed by atoms with Crippen LogP contribution in [-0.4, -0.2) is 16.1 Å². The van der Waals surface area contributed by atoms with Gasteiger partial charge in [-0.1, -0.05) is 0 Å². The minimum Gasteiger partial charge on any atom is -0.298 e. The molecule has 0 N–H and O–H groups in total. The first-order chi connectivity index (χ1) is 5.16. The van der Waals surface area contributed by atoms with Gasteiger partial charge in [0, 0.05) is 6.04 Å². The van der Waals surface area contributed by atoms with Crippen molar-refractivity contribution in [1.82, 2.24) is 9.78 Å². The van der Waals surface area contributed by atoms with E-state index in [0.717, 1.165) is 0 Å². The number of aldehydes is 1. The number of hydrogen-bond donors (Lipinski definition) is 0. The Hall–Kier alpha value is -1.19. The van der Waals surface area contributed by atoms with E-state index in [4.69, 9.17) is 0 Å². The molecule has 1 aromatic rings. The van der Waals surface area contributed by atoms with E-state index in [0.29, 0.717) is 6.29 Å². The highest BCUT2D eigenvalue weighted by molar-refractivity contribution is 5.73. The van der Waals surface area contributed by atoms with Gasteiger partial charge in [0.05, 0.1) is 11.8 Å². The molecule has 0 spiro atoms. The number of carbonyl (C=O) groups excluding carboxylic acids is 1. The predicted molar refractivity (Wildman–Crippen MR) is 38.0 cm³/mol. The molecular formula is C7H9FN2O. The van der Waals surface area contributed by atoms with Crippen LogP contribution in [0.4, 0.5) is 4.39 Å². The minimum atomic E-state index is -0.560. The summed E-state index contributed by atoms with van der Waals surface area (Å²) in [6, 6.07) is -0.0521. The number of hydrogen-bond acceptors (Lipinski definition) is 2. The summed E-state index contributed by atoms with van der Waals surface area (Å²) in [6.45, 7) is 3.59. The van der Waals surface area contributed by atoms with Crippen molar-refractivity contribution < 1.29 is 9.18 Å². The van der Waals surface area contributed by atoms with Gasteiger partial charge in [0.1, 0.15) is 0 Å². The zero-order chi connectivity index (χ0) is 8.43. The van der Waals surface area contributed by atoms with Gasteiger partial charge in [-0.25, -0.2) is 4.68 Å². The lowest BCUT2D eigenvalue weighted by Gasteiger charge is -2.04. The summed E-state index contributed by atoms with van der Waals surface area (Å²) in [6.07, 6.45) is 1.68. The molecule has 0 saturated heterocycles. The number of nitrogens with zero attached hydrogens (tertiary/aromatic N) is 2. The molecule has 0 aliphatic carbocycles.